The van der Waals surface area contributed by atoms with Gasteiger partial charge in [-0.3, -0.25) is 4.79 Å². The minimum atomic E-state index is -1.35. The Kier molecular flexibility index (Phi) is 8.66. The number of hydrogen-bond acceptors (Lipinski definition) is 7. The Hall–Kier alpha value is -3.07. The fourth-order valence-electron chi connectivity index (χ4n) is 5.39. The molecule has 36 heavy (non-hydrogen) atoms. The van der Waals surface area contributed by atoms with Gasteiger partial charge in [0.25, 0.3) is 0 Å². The van der Waals surface area contributed by atoms with E-state index in [9.17, 15) is 14.7 Å². The van der Waals surface area contributed by atoms with Gasteiger partial charge in [-0.05, 0) is 39.4 Å². The maximum Gasteiger partial charge on any atom is 0.336 e. The van der Waals surface area contributed by atoms with Crippen molar-refractivity contribution in [2.75, 3.05) is 20.7 Å². The number of hydrogen-bond donors (Lipinski definition) is 2. The largest absolute Gasteiger partial charge is 0.481 e. The molecule has 8 nitrogen and oxygen atoms in total. The molecule has 2 aromatic carbocycles. The Bertz CT molecular complexity index is 1140. The van der Waals surface area contributed by atoms with E-state index in [4.69, 9.17) is 14.5 Å². The highest BCUT2D eigenvalue weighted by atomic mass is 35.5. The van der Waals surface area contributed by atoms with Gasteiger partial charge in [-0.15, -0.1) is 12.4 Å². The number of nitrogens with zero attached hydrogens (tertiary/aromatic N) is 1. The van der Waals surface area contributed by atoms with Crippen LogP contribution in [0.2, 0.25) is 0 Å². The van der Waals surface area contributed by atoms with Crippen LogP contribution in [0, 0.1) is 5.41 Å². The van der Waals surface area contributed by atoms with Crippen molar-refractivity contribution in [2.45, 2.75) is 45.4 Å². The van der Waals surface area contributed by atoms with E-state index in [2.05, 4.69) is 10.2 Å². The maximum absolute atomic E-state index is 13.2. The van der Waals surface area contributed by atoms with E-state index in [0.29, 0.717) is 42.1 Å². The number of esters is 1. The summed E-state index contributed by atoms with van der Waals surface area (Å²) in [4.78, 5) is 39.1. The van der Waals surface area contributed by atoms with Crippen molar-refractivity contribution in [2.24, 2.45) is 5.41 Å². The van der Waals surface area contributed by atoms with E-state index in [-0.39, 0.29) is 19.0 Å². The van der Waals surface area contributed by atoms with E-state index in [1.807, 2.05) is 62.5 Å². The highest BCUT2D eigenvalue weighted by Crippen LogP contribution is 2.53. The van der Waals surface area contributed by atoms with Crippen LogP contribution in [0.15, 0.2) is 59.8 Å². The minimum Gasteiger partial charge on any atom is -0.481 e. The number of carboxylic acid groups (broad SMARTS) is 1. The Labute approximate surface area is 217 Å². The summed E-state index contributed by atoms with van der Waals surface area (Å²) in [5, 5.41) is 14.1. The fraction of sp³-hybridized carbons (Fsp3) is 0.407. The highest BCUT2D eigenvalue weighted by Gasteiger charge is 2.57. The molecular formula is C27H33ClN2O6. The number of halogens is 1. The van der Waals surface area contributed by atoms with Crippen LogP contribution in [-0.4, -0.2) is 48.7 Å². The molecule has 3 unspecified atom stereocenters. The second-order valence-corrected chi connectivity index (χ2v) is 9.33. The summed E-state index contributed by atoms with van der Waals surface area (Å²) in [7, 11) is 3.28. The van der Waals surface area contributed by atoms with Crippen LogP contribution < -0.4 is 10.2 Å². The van der Waals surface area contributed by atoms with Gasteiger partial charge in [0.15, 0.2) is 5.75 Å². The second kappa shape index (κ2) is 11.3. The number of carboxylic acids is 1. The van der Waals surface area contributed by atoms with E-state index in [0.717, 1.165) is 11.1 Å². The van der Waals surface area contributed by atoms with Crippen LogP contribution in [0.25, 0.3) is 0 Å². The minimum absolute atomic E-state index is 0. The molecule has 0 aromatic heterocycles. The molecule has 0 spiro atoms. The highest BCUT2D eigenvalue weighted by molar-refractivity contribution is 5.94. The zero-order valence-electron chi connectivity index (χ0n) is 20.9. The standard InChI is InChI=1S/C27H32N2O6.ClH/c1-17-22(25(30)33-4)23(21-12-8-11-20-16-34-35-24(20)21)27(26(31)32,18(2)28-17)13-14-29(3)15-19-9-6-5-7-10-19;/h5-12,18,23,28H,13-16H2,1-4H3,(H,31,32);1H. The van der Waals surface area contributed by atoms with E-state index < -0.39 is 29.3 Å². The summed E-state index contributed by atoms with van der Waals surface area (Å²) in [5.74, 6) is -1.87. The molecule has 0 saturated carbocycles. The molecule has 2 N–H and O–H groups in total. The lowest BCUT2D eigenvalue weighted by atomic mass is 9.60. The molecule has 0 fully saturated rings. The lowest BCUT2D eigenvalue weighted by molar-refractivity contribution is -0.195. The van der Waals surface area contributed by atoms with Gasteiger partial charge in [0.05, 0.1) is 12.7 Å². The first kappa shape index (κ1) is 27.5. The zero-order chi connectivity index (χ0) is 25.2. The van der Waals surface area contributed by atoms with Gasteiger partial charge in [0.2, 0.25) is 0 Å². The molecule has 2 aliphatic heterocycles. The van der Waals surface area contributed by atoms with Crippen molar-refractivity contribution in [3.8, 4) is 5.75 Å². The molecule has 0 bridgehead atoms. The van der Waals surface area contributed by atoms with Gasteiger partial charge in [0.1, 0.15) is 12.0 Å². The number of benzene rings is 2. The van der Waals surface area contributed by atoms with Crippen molar-refractivity contribution in [1.82, 2.24) is 10.2 Å². The monoisotopic (exact) mass is 516 g/mol. The quantitative estimate of drug-likeness (QED) is 0.400. The lowest BCUT2D eigenvalue weighted by Crippen LogP contribution is -2.57. The third kappa shape index (κ3) is 4.93. The van der Waals surface area contributed by atoms with Crippen molar-refractivity contribution in [3.05, 3.63) is 76.5 Å². The number of rotatable bonds is 8. The first-order valence-electron chi connectivity index (χ1n) is 11.7. The van der Waals surface area contributed by atoms with Gasteiger partial charge < -0.3 is 24.9 Å². The van der Waals surface area contributed by atoms with Crippen molar-refractivity contribution >= 4 is 24.3 Å². The van der Waals surface area contributed by atoms with Crippen molar-refractivity contribution < 1.29 is 29.2 Å². The topological polar surface area (TPSA) is 97.3 Å². The van der Waals surface area contributed by atoms with E-state index >= 15 is 0 Å². The molecule has 0 aliphatic carbocycles. The Morgan fingerprint density at radius 3 is 2.58 bits per heavy atom. The predicted octanol–water partition coefficient (Wildman–Crippen LogP) is 4.05. The van der Waals surface area contributed by atoms with Gasteiger partial charge in [-0.2, -0.15) is 4.89 Å². The zero-order valence-corrected chi connectivity index (χ0v) is 21.8. The predicted molar refractivity (Wildman–Crippen MR) is 137 cm³/mol. The first-order chi connectivity index (χ1) is 16.8. The first-order valence-corrected chi connectivity index (χ1v) is 11.7. The molecule has 2 aliphatic rings. The van der Waals surface area contributed by atoms with Crippen molar-refractivity contribution in [1.29, 1.82) is 0 Å². The number of aliphatic carboxylic acids is 1. The fourth-order valence-corrected chi connectivity index (χ4v) is 5.39. The van der Waals surface area contributed by atoms with Crippen LogP contribution >= 0.6 is 12.4 Å². The number of fused-ring (bicyclic) bond motifs is 1. The molecule has 0 amide bonds. The molecule has 3 atom stereocenters. The molecule has 9 heteroatoms. The van der Waals surface area contributed by atoms with Crippen molar-refractivity contribution in [3.63, 3.8) is 0 Å². The Morgan fingerprint density at radius 2 is 1.92 bits per heavy atom. The molecule has 4 rings (SSSR count). The smallest absolute Gasteiger partial charge is 0.336 e. The van der Waals surface area contributed by atoms with Crippen LogP contribution in [0.3, 0.4) is 0 Å². The third-order valence-corrected chi connectivity index (χ3v) is 7.21. The normalized spacial score (nSPS) is 22.8. The van der Waals surface area contributed by atoms with Crippen LogP contribution in [-0.2, 0) is 32.4 Å². The number of methoxy groups -OCH3 is 1. The maximum atomic E-state index is 13.2. The van der Waals surface area contributed by atoms with Crippen LogP contribution in [0.5, 0.6) is 5.75 Å². The van der Waals surface area contributed by atoms with Crippen LogP contribution in [0.4, 0.5) is 0 Å². The van der Waals surface area contributed by atoms with Gasteiger partial charge in [0, 0.05) is 35.3 Å². The number of ether oxygens (including phenoxy) is 1. The number of allylic oxidation sites excluding steroid dienone is 1. The van der Waals surface area contributed by atoms with Gasteiger partial charge in [-0.1, -0.05) is 48.5 Å². The van der Waals surface area contributed by atoms with Gasteiger partial charge in [-0.25, -0.2) is 4.79 Å². The summed E-state index contributed by atoms with van der Waals surface area (Å²) in [5.41, 5.74) is 2.11. The summed E-state index contributed by atoms with van der Waals surface area (Å²) in [6.07, 6.45) is 0.294. The Balaban J connectivity index is 0.00000361. The number of carbonyl (C=O) groups excluding carboxylic acids is 1. The number of carbonyl (C=O) groups is 2. The molecular weight excluding hydrogens is 484 g/mol. The average Bonchev–Trinajstić information content (AvgIpc) is 3.32. The number of nitrogens with one attached hydrogen (secondary N) is 1. The molecule has 2 aromatic rings. The summed E-state index contributed by atoms with van der Waals surface area (Å²) >= 11 is 0. The molecule has 194 valence electrons. The third-order valence-electron chi connectivity index (χ3n) is 7.21. The van der Waals surface area contributed by atoms with E-state index in [1.54, 1.807) is 6.92 Å². The summed E-state index contributed by atoms with van der Waals surface area (Å²) in [6, 6.07) is 15.1. The van der Waals surface area contributed by atoms with E-state index in [1.165, 1.54) is 7.11 Å². The summed E-state index contributed by atoms with van der Waals surface area (Å²) < 4.78 is 5.13. The summed E-state index contributed by atoms with van der Waals surface area (Å²) in [6.45, 7) is 5.09. The lowest BCUT2D eigenvalue weighted by Gasteiger charge is -2.47. The number of para-hydroxylation sites is 1. The van der Waals surface area contributed by atoms with Crippen LogP contribution in [0.1, 0.15) is 42.9 Å². The van der Waals surface area contributed by atoms with Gasteiger partial charge >= 0.3 is 11.9 Å². The molecule has 2 heterocycles. The average molecular weight is 517 g/mol. The molecule has 0 radical (unpaired) electrons. The second-order valence-electron chi connectivity index (χ2n) is 9.33. The molecule has 0 saturated heterocycles. The Morgan fingerprint density at radius 1 is 1.19 bits per heavy atom. The SMILES string of the molecule is COC(=O)C1=C(C)NC(C)C(CCN(C)Cc2ccccc2)(C(=O)O)C1c1cccc2c1OOC2.Cl.